The molecule has 252 valence electrons. The minimum absolute atomic E-state index is 0. The van der Waals surface area contributed by atoms with Crippen LogP contribution in [-0.4, -0.2) is 3.71 Å². The van der Waals surface area contributed by atoms with E-state index in [0.29, 0.717) is 0 Å². The van der Waals surface area contributed by atoms with Crippen LogP contribution in [0.15, 0.2) is 97.1 Å². The zero-order chi connectivity index (χ0) is 33.6. The Morgan fingerprint density at radius 3 is 1.62 bits per heavy atom. The second kappa shape index (κ2) is 18.0. The van der Waals surface area contributed by atoms with Crippen LogP contribution in [0.4, 0.5) is 0 Å². The first-order valence-corrected chi connectivity index (χ1v) is 18.2. The van der Waals surface area contributed by atoms with Crippen LogP contribution in [0.5, 0.6) is 0 Å². The Labute approximate surface area is 319 Å². The van der Waals surface area contributed by atoms with Gasteiger partial charge in [0, 0.05) is 0 Å². The van der Waals surface area contributed by atoms with Gasteiger partial charge in [-0.05, 0) is 53.4 Å². The number of hydrogen-bond acceptors (Lipinski definition) is 0. The van der Waals surface area contributed by atoms with Crippen LogP contribution in [0, 0.1) is 25.8 Å². The summed E-state index contributed by atoms with van der Waals surface area (Å²) in [4.78, 5) is 0. The number of fused-ring (bicyclic) bond motifs is 3. The molecule has 0 aliphatic heterocycles. The van der Waals surface area contributed by atoms with E-state index in [1.54, 1.807) is 24.2 Å². The Morgan fingerprint density at radius 1 is 0.708 bits per heavy atom. The van der Waals surface area contributed by atoms with E-state index in [9.17, 15) is 0 Å². The molecule has 1 aliphatic rings. The minimum Gasteiger partial charge on any atom is -1.00 e. The molecule has 0 bridgehead atoms. The van der Waals surface area contributed by atoms with Crippen molar-refractivity contribution in [1.29, 1.82) is 0 Å². The van der Waals surface area contributed by atoms with Crippen molar-refractivity contribution in [2.24, 2.45) is 5.92 Å². The quantitative estimate of drug-likeness (QED) is 0.183. The summed E-state index contributed by atoms with van der Waals surface area (Å²) in [6.07, 6.45) is 2.23. The third-order valence-corrected chi connectivity index (χ3v) is 9.10. The molecule has 0 fully saturated rings. The van der Waals surface area contributed by atoms with Crippen LogP contribution in [0.3, 0.4) is 0 Å². The molecule has 0 nitrogen and oxygen atoms in total. The van der Waals surface area contributed by atoms with Crippen molar-refractivity contribution in [2.75, 3.05) is 0 Å². The van der Waals surface area contributed by atoms with Gasteiger partial charge in [0.2, 0.25) is 0 Å². The first-order chi connectivity index (χ1) is 21.7. The van der Waals surface area contributed by atoms with Gasteiger partial charge >= 0.3 is 54.1 Å². The van der Waals surface area contributed by atoms with Crippen molar-refractivity contribution < 1.29 is 49.0 Å². The zero-order valence-electron chi connectivity index (χ0n) is 30.6. The molecule has 0 saturated carbocycles. The van der Waals surface area contributed by atoms with Crippen molar-refractivity contribution in [1.82, 2.24) is 0 Å². The van der Waals surface area contributed by atoms with Crippen LogP contribution in [0.2, 0.25) is 0 Å². The van der Waals surface area contributed by atoms with Crippen LogP contribution in [-0.2, 0) is 41.5 Å². The van der Waals surface area contributed by atoms with Crippen LogP contribution < -0.4 is 24.8 Å². The van der Waals surface area contributed by atoms with Crippen LogP contribution in [0.25, 0.3) is 33.4 Å². The molecule has 6 rings (SSSR count). The second-order valence-corrected chi connectivity index (χ2v) is 16.2. The summed E-state index contributed by atoms with van der Waals surface area (Å²) in [7, 11) is 0. The summed E-state index contributed by atoms with van der Waals surface area (Å²) in [6.45, 7) is 22.7. The standard InChI is InChI=1S/C35H37.C5H5.C5H10.2ClH.Zr/c1-22-9-13-24(14-10-22)30-18-26-17-27-19-31(25-15-11-23(2)12-16-25)33(35(6,7)8)21-29(27)28(26)20-32(30)34(3,4)5;1-2-4-5-3-1;1-4-5(2)3;;;/h9-16,18,20-21H,17H2,1-8H3;1-5H;1,5H,4H2,2-3H3;2*1H;/q2*-1;;;;+2/p-2. The van der Waals surface area contributed by atoms with E-state index < -0.39 is 0 Å². The molecule has 0 amide bonds. The number of aryl methyl sites for hydroxylation is 2. The van der Waals surface area contributed by atoms with Gasteiger partial charge in [0.25, 0.3) is 0 Å². The Kier molecular flexibility index (Phi) is 15.6. The van der Waals surface area contributed by atoms with E-state index in [1.165, 1.54) is 73.2 Å². The van der Waals surface area contributed by atoms with Gasteiger partial charge < -0.3 is 24.8 Å². The van der Waals surface area contributed by atoms with Gasteiger partial charge in [0.05, 0.1) is 0 Å². The molecule has 0 heterocycles. The van der Waals surface area contributed by atoms with Crippen molar-refractivity contribution in [3.63, 3.8) is 0 Å². The number of halogens is 2. The fourth-order valence-electron chi connectivity index (χ4n) is 5.89. The van der Waals surface area contributed by atoms with Crippen molar-refractivity contribution in [3.8, 4) is 33.4 Å². The van der Waals surface area contributed by atoms with Gasteiger partial charge in [-0.3, -0.25) is 0 Å². The number of rotatable bonds is 4. The Bertz CT molecular complexity index is 1600. The molecular weight excluding hydrogens is 703 g/mol. The first-order valence-electron chi connectivity index (χ1n) is 16.8. The van der Waals surface area contributed by atoms with E-state index in [-0.39, 0.29) is 35.6 Å². The van der Waals surface area contributed by atoms with E-state index in [0.717, 1.165) is 12.3 Å². The molecule has 0 N–H and O–H groups in total. The molecule has 0 spiro atoms. The molecule has 5 aromatic rings. The van der Waals surface area contributed by atoms with E-state index in [2.05, 4.69) is 146 Å². The smallest absolute Gasteiger partial charge is 0.0126 e. The summed E-state index contributed by atoms with van der Waals surface area (Å²) in [5.74, 6) is 0.865. The molecule has 0 aromatic heterocycles. The number of hydrogen-bond donors (Lipinski definition) is 0. The molecule has 0 radical (unpaired) electrons. The van der Waals surface area contributed by atoms with E-state index in [1.807, 2.05) is 30.3 Å². The molecule has 0 unspecified atom stereocenters. The fraction of sp³-hybridized carbons (Fsp3) is 0.333. The first kappa shape index (κ1) is 41.7. The zero-order valence-corrected chi connectivity index (χ0v) is 34.5. The van der Waals surface area contributed by atoms with Crippen LogP contribution >= 0.6 is 0 Å². The average Bonchev–Trinajstić information content (AvgIpc) is 3.68. The summed E-state index contributed by atoms with van der Waals surface area (Å²) in [5, 5.41) is 0. The largest absolute Gasteiger partial charge is 1.00 e. The van der Waals surface area contributed by atoms with Gasteiger partial charge in [0.1, 0.15) is 0 Å². The van der Waals surface area contributed by atoms with Crippen molar-refractivity contribution in [3.05, 3.63) is 137 Å². The number of benzene rings is 4. The topological polar surface area (TPSA) is 0 Å². The third-order valence-electron chi connectivity index (χ3n) is 8.52. The molecule has 0 atom stereocenters. The summed E-state index contributed by atoms with van der Waals surface area (Å²) >= 11 is 1.56. The predicted molar refractivity (Wildman–Crippen MR) is 199 cm³/mol. The maximum absolute atomic E-state index is 3.91. The van der Waals surface area contributed by atoms with E-state index >= 15 is 0 Å². The van der Waals surface area contributed by atoms with Gasteiger partial charge in [-0.2, -0.15) is 18.2 Å². The molecule has 1 aliphatic carbocycles. The summed E-state index contributed by atoms with van der Waals surface area (Å²) in [5.41, 5.74) is 16.1. The normalized spacial score (nSPS) is 11.5. The van der Waals surface area contributed by atoms with Gasteiger partial charge in [-0.25, -0.2) is 12.1 Å². The maximum Gasteiger partial charge on any atom is -0.0126 e. The Morgan fingerprint density at radius 2 is 1.21 bits per heavy atom. The SMILES string of the molecule is CC(C)C[CH]=[Zr+2].Cc1ccc(-c2[c-]c3c(cc2C(C)(C)C)-c2cc(C(C)(C)C)c(-c4ccc(C)cc4)cc2C3)cc1.[Cl-].[Cl-].c1cc[cH-]c1. The monoisotopic (exact) mass is 752 g/mol. The van der Waals surface area contributed by atoms with Gasteiger partial charge in [-0.1, -0.05) is 130 Å². The van der Waals surface area contributed by atoms with Crippen molar-refractivity contribution in [2.45, 2.75) is 92.9 Å². The predicted octanol–water partition coefficient (Wildman–Crippen LogP) is 6.40. The van der Waals surface area contributed by atoms with E-state index in [4.69, 9.17) is 0 Å². The third kappa shape index (κ3) is 10.8. The van der Waals surface area contributed by atoms with Gasteiger partial charge in [-0.15, -0.1) is 28.8 Å². The maximum atomic E-state index is 3.91. The average molecular weight is 755 g/mol. The molecule has 3 heteroatoms. The molecule has 0 saturated heterocycles. The van der Waals surface area contributed by atoms with Crippen molar-refractivity contribution >= 4 is 3.71 Å². The fourth-order valence-corrected chi connectivity index (χ4v) is 7.05. The Balaban J connectivity index is 0.000000528. The van der Waals surface area contributed by atoms with Crippen LogP contribution in [0.1, 0.15) is 95.2 Å². The minimum atomic E-state index is 0. The summed E-state index contributed by atoms with van der Waals surface area (Å²) < 4.78 is 2.29. The summed E-state index contributed by atoms with van der Waals surface area (Å²) in [6, 6.07) is 39.2. The Hall–Kier alpha value is -2.44. The molecular formula is C45H52Cl2Zr-2. The molecule has 5 aromatic carbocycles. The van der Waals surface area contributed by atoms with Gasteiger partial charge in [0.15, 0.2) is 0 Å². The second-order valence-electron chi connectivity index (χ2n) is 15.2. The molecule has 48 heavy (non-hydrogen) atoms.